The Hall–Kier alpha value is -1.68. The predicted octanol–water partition coefficient (Wildman–Crippen LogP) is 4.85. The molecule has 0 bridgehead atoms. The van der Waals surface area contributed by atoms with Crippen molar-refractivity contribution >= 4 is 78.8 Å². The molecule has 0 aliphatic heterocycles. The van der Waals surface area contributed by atoms with Gasteiger partial charge < -0.3 is 20.1 Å². The van der Waals surface area contributed by atoms with Crippen LogP contribution in [0.1, 0.15) is 25.6 Å². The van der Waals surface area contributed by atoms with Crippen molar-refractivity contribution in [2.24, 2.45) is 0 Å². The van der Waals surface area contributed by atoms with E-state index >= 15 is 0 Å². The Kier molecular flexibility index (Phi) is 6.99. The average Bonchev–Trinajstić information content (AvgIpc) is 2.92. The summed E-state index contributed by atoms with van der Waals surface area (Å²) in [7, 11) is 2.54. The second kappa shape index (κ2) is 8.81. The zero-order valence-corrected chi connectivity index (χ0v) is 17.9. The number of thiophene rings is 1. The van der Waals surface area contributed by atoms with E-state index in [1.54, 1.807) is 25.1 Å². The third kappa shape index (κ3) is 4.53. The van der Waals surface area contributed by atoms with Gasteiger partial charge in [0, 0.05) is 4.47 Å². The van der Waals surface area contributed by atoms with E-state index in [1.807, 2.05) is 0 Å². The van der Waals surface area contributed by atoms with Crippen LogP contribution in [0.15, 0.2) is 22.7 Å². The lowest BCUT2D eigenvalue weighted by molar-refractivity contribution is 0.0601. The second-order valence-corrected chi connectivity index (χ2v) is 7.70. The molecule has 2 aromatic rings. The van der Waals surface area contributed by atoms with E-state index in [9.17, 15) is 9.59 Å². The fourth-order valence-corrected chi connectivity index (χ4v) is 4.20. The van der Waals surface area contributed by atoms with Gasteiger partial charge in [0.15, 0.2) is 5.11 Å². The Morgan fingerprint density at radius 3 is 2.42 bits per heavy atom. The Morgan fingerprint density at radius 2 is 1.85 bits per heavy atom. The normalized spacial score (nSPS) is 10.2. The van der Waals surface area contributed by atoms with Gasteiger partial charge in [-0.25, -0.2) is 9.59 Å². The Labute approximate surface area is 172 Å². The highest BCUT2D eigenvalue weighted by Crippen LogP contribution is 2.34. The summed E-state index contributed by atoms with van der Waals surface area (Å²) in [6.07, 6.45) is 0. The molecule has 0 aliphatic rings. The van der Waals surface area contributed by atoms with Crippen LogP contribution < -0.4 is 10.6 Å². The summed E-state index contributed by atoms with van der Waals surface area (Å²) < 4.78 is 10.4. The van der Waals surface area contributed by atoms with Crippen molar-refractivity contribution in [3.63, 3.8) is 0 Å². The first-order valence-corrected chi connectivity index (χ1v) is 9.51. The fourth-order valence-electron chi connectivity index (χ4n) is 2.08. The van der Waals surface area contributed by atoms with E-state index < -0.39 is 11.9 Å². The summed E-state index contributed by atoms with van der Waals surface area (Å²) in [5.74, 6) is -1.12. The maximum absolute atomic E-state index is 12.1. The minimum Gasteiger partial charge on any atom is -0.465 e. The zero-order valence-electron chi connectivity index (χ0n) is 13.9. The summed E-state index contributed by atoms with van der Waals surface area (Å²) >= 11 is 15.8. The number of anilines is 2. The molecule has 2 rings (SSSR count). The third-order valence-corrected chi connectivity index (χ3v) is 5.51. The molecule has 2 N–H and O–H groups in total. The number of esters is 2. The number of rotatable bonds is 4. The van der Waals surface area contributed by atoms with Gasteiger partial charge in [-0.3, -0.25) is 0 Å². The molecular formula is C16H14BrClN2O4S2. The second-order valence-electron chi connectivity index (χ2n) is 4.95. The standard InChI is InChI=1S/C16H14BrClN2O4S2/c1-7-11(14(21)23-2)13(26-12(7)15(22)24-3)20-16(25)19-10-5-4-8(17)6-9(10)18/h4-6H,1-3H3,(H2,19,20,25). The number of thiocarbonyl (C=S) groups is 1. The maximum atomic E-state index is 12.1. The molecule has 0 fully saturated rings. The third-order valence-electron chi connectivity index (χ3n) is 3.31. The number of nitrogens with one attached hydrogen (secondary N) is 2. The van der Waals surface area contributed by atoms with Crippen LogP contribution in [0.2, 0.25) is 5.02 Å². The molecule has 1 aromatic heterocycles. The highest BCUT2D eigenvalue weighted by Gasteiger charge is 2.26. The molecule has 0 saturated heterocycles. The topological polar surface area (TPSA) is 76.7 Å². The lowest BCUT2D eigenvalue weighted by atomic mass is 10.1. The van der Waals surface area contributed by atoms with Gasteiger partial charge in [-0.15, -0.1) is 11.3 Å². The number of benzene rings is 1. The first-order chi connectivity index (χ1) is 12.3. The molecule has 0 unspecified atom stereocenters. The van der Waals surface area contributed by atoms with E-state index in [1.165, 1.54) is 14.2 Å². The van der Waals surface area contributed by atoms with Crippen LogP contribution in [0.3, 0.4) is 0 Å². The van der Waals surface area contributed by atoms with Crippen LogP contribution in [0.25, 0.3) is 0 Å². The molecule has 10 heteroatoms. The number of hydrogen-bond donors (Lipinski definition) is 2. The van der Waals surface area contributed by atoms with Crippen LogP contribution in [0, 0.1) is 6.92 Å². The SMILES string of the molecule is COC(=O)c1sc(NC(=S)Nc2ccc(Br)cc2Cl)c(C(=O)OC)c1C. The van der Waals surface area contributed by atoms with Crippen LogP contribution in [0.5, 0.6) is 0 Å². The fraction of sp³-hybridized carbons (Fsp3) is 0.188. The van der Waals surface area contributed by atoms with Gasteiger partial charge in [-0.1, -0.05) is 27.5 Å². The molecule has 1 aromatic carbocycles. The van der Waals surface area contributed by atoms with E-state index in [4.69, 9.17) is 33.3 Å². The first-order valence-electron chi connectivity index (χ1n) is 7.11. The van der Waals surface area contributed by atoms with Crippen molar-refractivity contribution in [1.82, 2.24) is 0 Å². The van der Waals surface area contributed by atoms with Crippen LogP contribution in [-0.4, -0.2) is 31.3 Å². The van der Waals surface area contributed by atoms with Crippen molar-refractivity contribution in [2.75, 3.05) is 24.9 Å². The Bertz CT molecular complexity index is 885. The summed E-state index contributed by atoms with van der Waals surface area (Å²) in [5, 5.41) is 6.91. The molecule has 0 saturated carbocycles. The molecule has 0 aliphatic carbocycles. The quantitative estimate of drug-likeness (QED) is 0.481. The van der Waals surface area contributed by atoms with Crippen LogP contribution in [-0.2, 0) is 9.47 Å². The van der Waals surface area contributed by atoms with Crippen molar-refractivity contribution in [2.45, 2.75) is 6.92 Å². The van der Waals surface area contributed by atoms with Crippen molar-refractivity contribution in [3.8, 4) is 0 Å². The smallest absolute Gasteiger partial charge is 0.348 e. The molecule has 0 atom stereocenters. The van der Waals surface area contributed by atoms with E-state index in [-0.39, 0.29) is 10.7 Å². The summed E-state index contributed by atoms with van der Waals surface area (Å²) in [6, 6.07) is 5.28. The minimum atomic E-state index is -0.583. The van der Waals surface area contributed by atoms with Crippen molar-refractivity contribution in [3.05, 3.63) is 43.7 Å². The number of carbonyl (C=O) groups excluding carboxylic acids is 2. The number of ether oxygens (including phenoxy) is 2. The highest BCUT2D eigenvalue weighted by molar-refractivity contribution is 9.10. The van der Waals surface area contributed by atoms with Gasteiger partial charge in [0.05, 0.1) is 30.5 Å². The number of hydrogen-bond acceptors (Lipinski definition) is 6. The number of carbonyl (C=O) groups is 2. The lowest BCUT2D eigenvalue weighted by Gasteiger charge is -2.12. The van der Waals surface area contributed by atoms with Crippen LogP contribution >= 0.6 is 51.1 Å². The van der Waals surface area contributed by atoms with Gasteiger partial charge in [0.25, 0.3) is 0 Å². The molecule has 26 heavy (non-hydrogen) atoms. The van der Waals surface area contributed by atoms with Crippen molar-refractivity contribution < 1.29 is 19.1 Å². The molecule has 138 valence electrons. The Morgan fingerprint density at radius 1 is 1.19 bits per heavy atom. The monoisotopic (exact) mass is 476 g/mol. The van der Waals surface area contributed by atoms with Gasteiger partial charge in [0.1, 0.15) is 9.88 Å². The molecule has 0 radical (unpaired) electrons. The lowest BCUT2D eigenvalue weighted by Crippen LogP contribution is -2.20. The molecule has 6 nitrogen and oxygen atoms in total. The molecule has 1 heterocycles. The first kappa shape index (κ1) is 20.6. The van der Waals surface area contributed by atoms with Crippen LogP contribution in [0.4, 0.5) is 10.7 Å². The zero-order chi connectivity index (χ0) is 19.4. The molecular weight excluding hydrogens is 464 g/mol. The largest absolute Gasteiger partial charge is 0.465 e. The number of methoxy groups -OCH3 is 2. The van der Waals surface area contributed by atoms with Gasteiger partial charge in [-0.05, 0) is 42.9 Å². The van der Waals surface area contributed by atoms with E-state index in [2.05, 4.69) is 26.6 Å². The Balaban J connectivity index is 2.31. The van der Waals surface area contributed by atoms with Gasteiger partial charge in [-0.2, -0.15) is 0 Å². The molecule has 0 amide bonds. The molecule has 0 spiro atoms. The maximum Gasteiger partial charge on any atom is 0.348 e. The van der Waals surface area contributed by atoms with E-state index in [0.717, 1.165) is 15.8 Å². The predicted molar refractivity (Wildman–Crippen MR) is 111 cm³/mol. The van der Waals surface area contributed by atoms with Gasteiger partial charge >= 0.3 is 11.9 Å². The average molecular weight is 478 g/mol. The number of halogens is 2. The van der Waals surface area contributed by atoms with Crippen molar-refractivity contribution in [1.29, 1.82) is 0 Å². The van der Waals surface area contributed by atoms with Gasteiger partial charge in [0.2, 0.25) is 0 Å². The minimum absolute atomic E-state index is 0.206. The summed E-state index contributed by atoms with van der Waals surface area (Å²) in [4.78, 5) is 24.3. The summed E-state index contributed by atoms with van der Waals surface area (Å²) in [5.41, 5.74) is 1.28. The highest BCUT2D eigenvalue weighted by atomic mass is 79.9. The summed E-state index contributed by atoms with van der Waals surface area (Å²) in [6.45, 7) is 1.64. The van der Waals surface area contributed by atoms with E-state index in [0.29, 0.717) is 26.2 Å².